The number of ether oxygens (including phenoxy) is 2. The van der Waals surface area contributed by atoms with E-state index < -0.39 is 11.9 Å². The van der Waals surface area contributed by atoms with Crippen LogP contribution in [0.5, 0.6) is 5.75 Å². The van der Waals surface area contributed by atoms with Crippen LogP contribution in [0.1, 0.15) is 26.8 Å². The van der Waals surface area contributed by atoms with E-state index >= 15 is 0 Å². The van der Waals surface area contributed by atoms with Crippen molar-refractivity contribution in [1.29, 1.82) is 0 Å². The number of amides is 1. The van der Waals surface area contributed by atoms with E-state index in [4.69, 9.17) is 14.9 Å². The molecule has 0 unspecified atom stereocenters. The zero-order valence-electron chi connectivity index (χ0n) is 13.2. The second kappa shape index (κ2) is 6.87. The van der Waals surface area contributed by atoms with Crippen LogP contribution in [0.2, 0.25) is 0 Å². The molecule has 3 aromatic rings. The SMILES string of the molecule is COC(=O)c1ccc(COc2ccc(-c3n[nH]nc3C(N)=O)cc2)o1. The van der Waals surface area contributed by atoms with Crippen LogP contribution in [-0.2, 0) is 11.3 Å². The lowest BCUT2D eigenvalue weighted by molar-refractivity contribution is 0.0561. The fourth-order valence-corrected chi connectivity index (χ4v) is 2.13. The number of primary amides is 1. The Hall–Kier alpha value is -3.62. The van der Waals surface area contributed by atoms with Crippen LogP contribution in [0.25, 0.3) is 11.3 Å². The average Bonchev–Trinajstić information content (AvgIpc) is 3.29. The van der Waals surface area contributed by atoms with Crippen molar-refractivity contribution in [3.8, 4) is 17.0 Å². The number of rotatable bonds is 6. The van der Waals surface area contributed by atoms with E-state index in [1.807, 2.05) is 0 Å². The van der Waals surface area contributed by atoms with E-state index in [1.165, 1.54) is 13.2 Å². The number of hydrogen-bond acceptors (Lipinski definition) is 7. The van der Waals surface area contributed by atoms with Crippen LogP contribution in [0.15, 0.2) is 40.8 Å². The molecule has 25 heavy (non-hydrogen) atoms. The second-order valence-electron chi connectivity index (χ2n) is 4.96. The first-order valence-electron chi connectivity index (χ1n) is 7.19. The highest BCUT2D eigenvalue weighted by atomic mass is 16.5. The van der Waals surface area contributed by atoms with Crippen molar-refractivity contribution in [2.45, 2.75) is 6.61 Å². The molecule has 0 radical (unpaired) electrons. The summed E-state index contributed by atoms with van der Waals surface area (Å²) in [4.78, 5) is 22.6. The van der Waals surface area contributed by atoms with E-state index in [1.54, 1.807) is 30.3 Å². The second-order valence-corrected chi connectivity index (χ2v) is 4.96. The van der Waals surface area contributed by atoms with Crippen molar-refractivity contribution in [2.75, 3.05) is 7.11 Å². The van der Waals surface area contributed by atoms with Gasteiger partial charge in [-0.3, -0.25) is 4.79 Å². The smallest absolute Gasteiger partial charge is 0.373 e. The lowest BCUT2D eigenvalue weighted by atomic mass is 10.1. The Labute approximate surface area is 141 Å². The van der Waals surface area contributed by atoms with Crippen molar-refractivity contribution in [2.24, 2.45) is 5.73 Å². The number of nitrogens with two attached hydrogens (primary N) is 1. The van der Waals surface area contributed by atoms with Crippen LogP contribution in [0, 0.1) is 0 Å². The summed E-state index contributed by atoms with van der Waals surface area (Å²) in [6, 6.07) is 10.0. The van der Waals surface area contributed by atoms with Crippen molar-refractivity contribution in [1.82, 2.24) is 15.4 Å². The molecule has 0 fully saturated rings. The molecule has 128 valence electrons. The minimum atomic E-state index is -0.664. The number of aromatic nitrogens is 3. The Balaban J connectivity index is 1.67. The zero-order chi connectivity index (χ0) is 17.8. The monoisotopic (exact) mass is 342 g/mol. The quantitative estimate of drug-likeness (QED) is 0.649. The Morgan fingerprint density at radius 1 is 1.16 bits per heavy atom. The molecule has 9 heteroatoms. The maximum Gasteiger partial charge on any atom is 0.373 e. The van der Waals surface area contributed by atoms with Gasteiger partial charge in [0, 0.05) is 5.56 Å². The Morgan fingerprint density at radius 3 is 2.60 bits per heavy atom. The number of aromatic amines is 1. The molecule has 0 aliphatic heterocycles. The van der Waals surface area contributed by atoms with Crippen LogP contribution < -0.4 is 10.5 Å². The fraction of sp³-hybridized carbons (Fsp3) is 0.125. The van der Waals surface area contributed by atoms with Crippen molar-refractivity contribution < 1.29 is 23.5 Å². The third kappa shape index (κ3) is 3.50. The van der Waals surface area contributed by atoms with E-state index in [0.29, 0.717) is 22.8 Å². The van der Waals surface area contributed by atoms with E-state index in [-0.39, 0.29) is 18.1 Å². The first-order valence-corrected chi connectivity index (χ1v) is 7.19. The molecule has 2 aromatic heterocycles. The number of nitrogens with zero attached hydrogens (tertiary/aromatic N) is 2. The minimum absolute atomic E-state index is 0.0691. The maximum absolute atomic E-state index is 11.3. The van der Waals surface area contributed by atoms with Gasteiger partial charge < -0.3 is 19.6 Å². The average molecular weight is 342 g/mol. The normalized spacial score (nSPS) is 10.4. The summed E-state index contributed by atoms with van der Waals surface area (Å²) < 4.78 is 15.5. The van der Waals surface area contributed by atoms with Gasteiger partial charge >= 0.3 is 5.97 Å². The number of H-pyrrole nitrogens is 1. The number of nitrogens with one attached hydrogen (secondary N) is 1. The Bertz CT molecular complexity index is 897. The summed E-state index contributed by atoms with van der Waals surface area (Å²) in [5, 5.41) is 10.0. The summed E-state index contributed by atoms with van der Waals surface area (Å²) in [6.07, 6.45) is 0. The fourth-order valence-electron chi connectivity index (χ4n) is 2.13. The molecular formula is C16H14N4O5. The third-order valence-corrected chi connectivity index (χ3v) is 3.34. The molecule has 0 saturated heterocycles. The van der Waals surface area contributed by atoms with Gasteiger partial charge in [0.15, 0.2) is 5.69 Å². The number of hydrogen-bond donors (Lipinski definition) is 2. The van der Waals surface area contributed by atoms with Gasteiger partial charge in [-0.1, -0.05) is 0 Å². The van der Waals surface area contributed by atoms with Gasteiger partial charge in [-0.25, -0.2) is 4.79 Å². The largest absolute Gasteiger partial charge is 0.486 e. The Kier molecular flexibility index (Phi) is 4.46. The lowest BCUT2D eigenvalue weighted by Crippen LogP contribution is -2.12. The molecule has 0 aliphatic carbocycles. The predicted octanol–water partition coefficient (Wildman–Crippen LogP) is 1.53. The predicted molar refractivity (Wildman–Crippen MR) is 84.7 cm³/mol. The van der Waals surface area contributed by atoms with Crippen LogP contribution in [0.4, 0.5) is 0 Å². The summed E-state index contributed by atoms with van der Waals surface area (Å²) >= 11 is 0. The van der Waals surface area contributed by atoms with Crippen LogP contribution >= 0.6 is 0 Å². The number of esters is 1. The third-order valence-electron chi connectivity index (χ3n) is 3.34. The first-order chi connectivity index (χ1) is 12.1. The minimum Gasteiger partial charge on any atom is -0.486 e. The standard InChI is InChI=1S/C16H14N4O5/c1-23-16(22)12-7-6-11(25-12)8-24-10-4-2-9(3-5-10)13-14(15(17)21)19-20-18-13/h2-7H,8H2,1H3,(H2,17,21)(H,18,19,20). The van der Waals surface area contributed by atoms with Gasteiger partial charge in [0.25, 0.3) is 5.91 Å². The number of carbonyl (C=O) groups is 2. The number of benzene rings is 1. The maximum atomic E-state index is 11.3. The highest BCUT2D eigenvalue weighted by Crippen LogP contribution is 2.23. The van der Waals surface area contributed by atoms with E-state index in [2.05, 4.69) is 20.1 Å². The molecule has 0 aliphatic rings. The van der Waals surface area contributed by atoms with Gasteiger partial charge in [-0.2, -0.15) is 15.4 Å². The summed E-state index contributed by atoms with van der Waals surface area (Å²) in [7, 11) is 1.28. The van der Waals surface area contributed by atoms with Crippen molar-refractivity contribution in [3.05, 3.63) is 53.6 Å². The molecule has 9 nitrogen and oxygen atoms in total. The van der Waals surface area contributed by atoms with Gasteiger partial charge in [-0.15, -0.1) is 0 Å². The van der Waals surface area contributed by atoms with Gasteiger partial charge in [0.1, 0.15) is 23.8 Å². The lowest BCUT2D eigenvalue weighted by Gasteiger charge is -2.05. The van der Waals surface area contributed by atoms with Crippen LogP contribution in [0.3, 0.4) is 0 Å². The zero-order valence-corrected chi connectivity index (χ0v) is 13.2. The van der Waals surface area contributed by atoms with Gasteiger partial charge in [0.2, 0.25) is 5.76 Å². The summed E-state index contributed by atoms with van der Waals surface area (Å²) in [5.41, 5.74) is 6.35. The molecule has 2 heterocycles. The molecule has 0 atom stereocenters. The molecule has 0 bridgehead atoms. The van der Waals surface area contributed by atoms with Gasteiger partial charge in [0.05, 0.1) is 7.11 Å². The van der Waals surface area contributed by atoms with Gasteiger partial charge in [-0.05, 0) is 36.4 Å². The molecule has 1 aromatic carbocycles. The number of furan rings is 1. The topological polar surface area (TPSA) is 133 Å². The molecule has 3 rings (SSSR count). The highest BCUT2D eigenvalue weighted by molar-refractivity contribution is 5.96. The molecular weight excluding hydrogens is 328 g/mol. The molecule has 1 amide bonds. The Morgan fingerprint density at radius 2 is 1.92 bits per heavy atom. The molecule has 0 spiro atoms. The number of methoxy groups -OCH3 is 1. The van der Waals surface area contributed by atoms with E-state index in [0.717, 1.165) is 0 Å². The summed E-state index contributed by atoms with van der Waals surface area (Å²) in [5.74, 6) is -0.0425. The van der Waals surface area contributed by atoms with E-state index in [9.17, 15) is 9.59 Å². The summed E-state index contributed by atoms with van der Waals surface area (Å²) in [6.45, 7) is 0.146. The molecule has 3 N–H and O–H groups in total. The van der Waals surface area contributed by atoms with Crippen LogP contribution in [-0.4, -0.2) is 34.4 Å². The molecule has 0 saturated carbocycles. The van der Waals surface area contributed by atoms with Crippen molar-refractivity contribution in [3.63, 3.8) is 0 Å². The number of carbonyl (C=O) groups excluding carboxylic acids is 2. The highest BCUT2D eigenvalue weighted by Gasteiger charge is 2.15. The van der Waals surface area contributed by atoms with Crippen molar-refractivity contribution >= 4 is 11.9 Å². The first kappa shape index (κ1) is 16.2.